The van der Waals surface area contributed by atoms with Crippen molar-refractivity contribution in [1.29, 1.82) is 0 Å². The van der Waals surface area contributed by atoms with Crippen LogP contribution in [0.4, 0.5) is 11.5 Å². The number of amides is 1. The number of nitrogens with zero attached hydrogens (tertiary/aromatic N) is 3. The molecule has 0 aliphatic carbocycles. The number of rotatable bonds is 7. The lowest BCUT2D eigenvalue weighted by Gasteiger charge is -2.23. The van der Waals surface area contributed by atoms with Crippen molar-refractivity contribution < 1.29 is 4.79 Å². The second-order valence-electron chi connectivity index (χ2n) is 7.50. The zero-order valence-electron chi connectivity index (χ0n) is 18.3. The first-order valence-corrected chi connectivity index (χ1v) is 11.8. The second kappa shape index (κ2) is 10.1. The Kier molecular flexibility index (Phi) is 6.95. The van der Waals surface area contributed by atoms with Crippen LogP contribution in [0.15, 0.2) is 69.6 Å². The highest BCUT2D eigenvalue weighted by Gasteiger charge is 2.24. The fraction of sp³-hybridized carbons (Fsp3) is 0.167. The van der Waals surface area contributed by atoms with E-state index in [2.05, 4.69) is 9.97 Å². The molecule has 0 aliphatic heterocycles. The number of aromatic nitrogens is 3. The monoisotopic (exact) mass is 495 g/mol. The number of hydrogen-bond acceptors (Lipinski definition) is 6. The molecule has 3 N–H and O–H groups in total. The first-order valence-electron chi connectivity index (χ1n) is 10.5. The number of nitrogens with two attached hydrogens (primary N) is 1. The van der Waals surface area contributed by atoms with E-state index in [1.54, 1.807) is 18.4 Å². The van der Waals surface area contributed by atoms with Crippen LogP contribution in [0, 0.1) is 0 Å². The van der Waals surface area contributed by atoms with Gasteiger partial charge in [-0.05, 0) is 18.6 Å². The fourth-order valence-corrected chi connectivity index (χ4v) is 4.76. The van der Waals surface area contributed by atoms with Crippen LogP contribution >= 0.6 is 22.9 Å². The van der Waals surface area contributed by atoms with Gasteiger partial charge >= 0.3 is 5.69 Å². The maximum absolute atomic E-state index is 13.2. The molecule has 0 saturated heterocycles. The molecule has 2 aromatic carbocycles. The van der Waals surface area contributed by atoms with Gasteiger partial charge in [-0.1, -0.05) is 60.1 Å². The highest BCUT2D eigenvalue weighted by molar-refractivity contribution is 7.13. The van der Waals surface area contributed by atoms with Gasteiger partial charge in [-0.15, -0.1) is 11.3 Å². The van der Waals surface area contributed by atoms with Gasteiger partial charge in [-0.25, -0.2) is 9.78 Å². The molecule has 0 unspecified atom stereocenters. The Morgan fingerprint density at radius 1 is 1.15 bits per heavy atom. The summed E-state index contributed by atoms with van der Waals surface area (Å²) in [4.78, 5) is 46.4. The van der Waals surface area contributed by atoms with Crippen LogP contribution in [0.1, 0.15) is 18.2 Å². The van der Waals surface area contributed by atoms with Crippen molar-refractivity contribution in [3.8, 4) is 10.6 Å². The van der Waals surface area contributed by atoms with Gasteiger partial charge in [0.1, 0.15) is 10.8 Å². The molecule has 10 heteroatoms. The normalized spacial score (nSPS) is 10.9. The van der Waals surface area contributed by atoms with Crippen LogP contribution in [0.3, 0.4) is 0 Å². The van der Waals surface area contributed by atoms with E-state index in [0.717, 1.165) is 11.1 Å². The van der Waals surface area contributed by atoms with Gasteiger partial charge < -0.3 is 10.6 Å². The van der Waals surface area contributed by atoms with Gasteiger partial charge in [0.25, 0.3) is 5.56 Å². The van der Waals surface area contributed by atoms with Crippen molar-refractivity contribution in [3.05, 3.63) is 97.1 Å². The van der Waals surface area contributed by atoms with Crippen LogP contribution < -0.4 is 21.9 Å². The van der Waals surface area contributed by atoms with Crippen molar-refractivity contribution in [3.63, 3.8) is 0 Å². The molecule has 0 aliphatic rings. The Labute approximate surface area is 204 Å². The van der Waals surface area contributed by atoms with Gasteiger partial charge in [0.05, 0.1) is 23.7 Å². The predicted octanol–water partition coefficient (Wildman–Crippen LogP) is 3.54. The summed E-state index contributed by atoms with van der Waals surface area (Å²) in [5.41, 5.74) is 7.03. The molecule has 0 bridgehead atoms. The van der Waals surface area contributed by atoms with E-state index >= 15 is 0 Å². The molecule has 4 aromatic rings. The van der Waals surface area contributed by atoms with E-state index in [4.69, 9.17) is 17.3 Å². The highest BCUT2D eigenvalue weighted by atomic mass is 35.5. The third kappa shape index (κ3) is 4.80. The number of benzene rings is 2. The Hall–Kier alpha value is -3.69. The van der Waals surface area contributed by atoms with Gasteiger partial charge in [0.15, 0.2) is 5.69 Å². The maximum Gasteiger partial charge on any atom is 0.330 e. The van der Waals surface area contributed by atoms with Crippen LogP contribution in [-0.2, 0) is 17.8 Å². The minimum atomic E-state index is -0.711. The molecule has 174 valence electrons. The Morgan fingerprint density at radius 2 is 1.85 bits per heavy atom. The SMILES string of the molecule is CCN(C(=O)Cc1csc(-c2ccccc2Cl)n1)c1c(N)n(Cc2ccccc2)c(=O)[nH]c1=O. The van der Waals surface area contributed by atoms with Gasteiger partial charge in [0, 0.05) is 17.5 Å². The van der Waals surface area contributed by atoms with Crippen molar-refractivity contribution in [2.24, 2.45) is 0 Å². The number of aromatic amines is 1. The largest absolute Gasteiger partial charge is 0.383 e. The zero-order valence-corrected chi connectivity index (χ0v) is 19.9. The Bertz CT molecular complexity index is 1440. The summed E-state index contributed by atoms with van der Waals surface area (Å²) < 4.78 is 1.25. The van der Waals surface area contributed by atoms with Crippen molar-refractivity contribution in [2.75, 3.05) is 17.2 Å². The highest BCUT2D eigenvalue weighted by Crippen LogP contribution is 2.30. The molecule has 0 spiro atoms. The molecule has 0 fully saturated rings. The molecule has 4 rings (SSSR count). The van der Waals surface area contributed by atoms with Gasteiger partial charge in [-0.3, -0.25) is 19.1 Å². The first-order chi connectivity index (χ1) is 16.4. The molecule has 0 atom stereocenters. The summed E-state index contributed by atoms with van der Waals surface area (Å²) in [6, 6.07) is 16.6. The molecule has 34 heavy (non-hydrogen) atoms. The summed E-state index contributed by atoms with van der Waals surface area (Å²) in [6.07, 6.45) is -0.0362. The van der Waals surface area contributed by atoms with Crippen LogP contribution in [0.2, 0.25) is 5.02 Å². The topological polar surface area (TPSA) is 114 Å². The molecule has 1 amide bonds. The Balaban J connectivity index is 1.63. The number of nitrogens with one attached hydrogen (secondary N) is 1. The third-order valence-electron chi connectivity index (χ3n) is 5.27. The van der Waals surface area contributed by atoms with Gasteiger partial charge in [-0.2, -0.15) is 0 Å². The van der Waals surface area contributed by atoms with Crippen LogP contribution in [0.25, 0.3) is 10.6 Å². The second-order valence-corrected chi connectivity index (χ2v) is 8.77. The molecule has 0 radical (unpaired) electrons. The lowest BCUT2D eigenvalue weighted by molar-refractivity contribution is -0.118. The van der Waals surface area contributed by atoms with E-state index in [1.165, 1.54) is 20.8 Å². The standard InChI is InChI=1S/C24H22ClN5O3S/c1-2-29(19(31)12-16-14-34-23(27-16)17-10-6-7-11-18(17)25)20-21(26)30(24(33)28-22(20)32)13-15-8-4-3-5-9-15/h3-11,14H,2,12-13,26H2,1H3,(H,28,32,33). The summed E-state index contributed by atoms with van der Waals surface area (Å²) in [5.74, 6) is -0.427. The molecule has 2 aromatic heterocycles. The minimum Gasteiger partial charge on any atom is -0.383 e. The average molecular weight is 496 g/mol. The summed E-state index contributed by atoms with van der Waals surface area (Å²) in [6.45, 7) is 2.09. The first kappa shape index (κ1) is 23.5. The smallest absolute Gasteiger partial charge is 0.330 e. The lowest BCUT2D eigenvalue weighted by atomic mass is 10.2. The Morgan fingerprint density at radius 3 is 2.56 bits per heavy atom. The van der Waals surface area contributed by atoms with E-state index in [9.17, 15) is 14.4 Å². The average Bonchev–Trinajstić information content (AvgIpc) is 3.28. The number of anilines is 2. The van der Waals surface area contributed by atoms with Crippen LogP contribution in [-0.4, -0.2) is 27.0 Å². The number of nitrogen functional groups attached to an aromatic ring is 1. The van der Waals surface area contributed by atoms with Gasteiger partial charge in [0.2, 0.25) is 5.91 Å². The molecule has 0 saturated carbocycles. The van der Waals surface area contributed by atoms with E-state index in [0.29, 0.717) is 15.7 Å². The number of carbonyl (C=O) groups is 1. The number of hydrogen-bond donors (Lipinski definition) is 2. The van der Waals surface area contributed by atoms with Crippen molar-refractivity contribution in [2.45, 2.75) is 19.9 Å². The summed E-state index contributed by atoms with van der Waals surface area (Å²) in [7, 11) is 0. The fourth-order valence-electron chi connectivity index (χ4n) is 3.62. The van der Waals surface area contributed by atoms with Crippen LogP contribution in [0.5, 0.6) is 0 Å². The van der Waals surface area contributed by atoms with E-state index < -0.39 is 11.2 Å². The molecular weight excluding hydrogens is 474 g/mol. The summed E-state index contributed by atoms with van der Waals surface area (Å²) in [5, 5.41) is 3.06. The third-order valence-corrected chi connectivity index (χ3v) is 6.53. The lowest BCUT2D eigenvalue weighted by Crippen LogP contribution is -2.41. The number of H-pyrrole nitrogens is 1. The number of halogens is 1. The predicted molar refractivity (Wildman–Crippen MR) is 136 cm³/mol. The molecule has 8 nitrogen and oxygen atoms in total. The van der Waals surface area contributed by atoms with Crippen molar-refractivity contribution in [1.82, 2.24) is 14.5 Å². The minimum absolute atomic E-state index is 0.0362. The number of likely N-dealkylation sites (N-methyl/N-ethyl adjacent to an activating group) is 1. The van der Waals surface area contributed by atoms with Crippen molar-refractivity contribution >= 4 is 40.4 Å². The van der Waals surface area contributed by atoms with E-state index in [1.807, 2.05) is 48.5 Å². The molecule has 2 heterocycles. The number of carbonyl (C=O) groups excluding carboxylic acids is 1. The molecular formula is C24H22ClN5O3S. The maximum atomic E-state index is 13.2. The van der Waals surface area contributed by atoms with E-state index in [-0.39, 0.29) is 36.9 Å². The quantitative estimate of drug-likeness (QED) is 0.407. The number of thiazole rings is 1. The summed E-state index contributed by atoms with van der Waals surface area (Å²) >= 11 is 7.64. The zero-order chi connectivity index (χ0) is 24.2.